The lowest BCUT2D eigenvalue weighted by Gasteiger charge is -2.10. The summed E-state index contributed by atoms with van der Waals surface area (Å²) in [5.74, 6) is 1.01. The summed E-state index contributed by atoms with van der Waals surface area (Å²) < 4.78 is 11.3. The van der Waals surface area contributed by atoms with Crippen LogP contribution in [-0.4, -0.2) is 25.3 Å². The van der Waals surface area contributed by atoms with E-state index in [0.717, 1.165) is 22.8 Å². The number of fused-ring (bicyclic) bond motifs is 1. The minimum atomic E-state index is -0.331. The monoisotopic (exact) mass is 430 g/mol. The van der Waals surface area contributed by atoms with Gasteiger partial charge in [0.25, 0.3) is 5.91 Å². The molecule has 166 valence electrons. The van der Waals surface area contributed by atoms with Gasteiger partial charge in [-0.15, -0.1) is 0 Å². The van der Waals surface area contributed by atoms with Crippen molar-refractivity contribution in [3.63, 3.8) is 0 Å². The van der Waals surface area contributed by atoms with E-state index in [2.05, 4.69) is 24.0 Å². The highest BCUT2D eigenvalue weighted by molar-refractivity contribution is 6.02. The molecule has 5 heteroatoms. The molecule has 1 amide bonds. The summed E-state index contributed by atoms with van der Waals surface area (Å²) in [6, 6.07) is 19.7. The van der Waals surface area contributed by atoms with Gasteiger partial charge in [0.15, 0.2) is 6.61 Å². The number of hydrazone groups is 1. The summed E-state index contributed by atoms with van der Waals surface area (Å²) in [6.45, 7) is 6.16. The van der Waals surface area contributed by atoms with Gasteiger partial charge in [0.2, 0.25) is 0 Å². The molecule has 0 unspecified atom stereocenters. The number of benzene rings is 3. The third kappa shape index (κ3) is 6.71. The van der Waals surface area contributed by atoms with Gasteiger partial charge in [-0.25, -0.2) is 5.43 Å². The van der Waals surface area contributed by atoms with E-state index in [1.54, 1.807) is 12.3 Å². The predicted octanol–water partition coefficient (Wildman–Crippen LogP) is 5.67. The fraction of sp³-hybridized carbons (Fsp3) is 0.259. The van der Waals surface area contributed by atoms with Crippen LogP contribution in [0.15, 0.2) is 78.4 Å². The maximum atomic E-state index is 12.2. The van der Waals surface area contributed by atoms with E-state index in [-0.39, 0.29) is 12.5 Å². The van der Waals surface area contributed by atoms with Crippen LogP contribution < -0.4 is 14.9 Å². The fourth-order valence-electron chi connectivity index (χ4n) is 3.36. The Morgan fingerprint density at radius 2 is 1.84 bits per heavy atom. The van der Waals surface area contributed by atoms with Crippen molar-refractivity contribution in [1.29, 1.82) is 0 Å². The maximum Gasteiger partial charge on any atom is 0.277 e. The van der Waals surface area contributed by atoms with E-state index in [1.165, 1.54) is 24.8 Å². The van der Waals surface area contributed by atoms with Gasteiger partial charge in [-0.3, -0.25) is 4.79 Å². The van der Waals surface area contributed by atoms with E-state index in [1.807, 2.05) is 60.7 Å². The molecule has 0 radical (unpaired) electrons. The Kier molecular flexibility index (Phi) is 8.87. The normalized spacial score (nSPS) is 10.9. The first-order chi connectivity index (χ1) is 15.7. The zero-order valence-electron chi connectivity index (χ0n) is 18.5. The summed E-state index contributed by atoms with van der Waals surface area (Å²) in [5, 5.41) is 6.17. The van der Waals surface area contributed by atoms with Crippen molar-refractivity contribution in [2.75, 3.05) is 13.2 Å². The Morgan fingerprint density at radius 1 is 1.03 bits per heavy atom. The molecule has 32 heavy (non-hydrogen) atoms. The van der Waals surface area contributed by atoms with Gasteiger partial charge in [-0.1, -0.05) is 74.9 Å². The number of unbranched alkanes of at least 4 members (excludes halogenated alkanes) is 2. The van der Waals surface area contributed by atoms with Crippen LogP contribution in [0.5, 0.6) is 11.5 Å². The van der Waals surface area contributed by atoms with Crippen LogP contribution in [0.1, 0.15) is 37.3 Å². The molecule has 5 nitrogen and oxygen atoms in total. The lowest BCUT2D eigenvalue weighted by atomic mass is 10.0. The molecule has 0 atom stereocenters. The molecule has 3 rings (SSSR count). The van der Waals surface area contributed by atoms with Crippen LogP contribution >= 0.6 is 0 Å². The van der Waals surface area contributed by atoms with E-state index in [4.69, 9.17) is 9.47 Å². The number of ether oxygens (including phenoxy) is 2. The third-order valence-electron chi connectivity index (χ3n) is 5.03. The first-order valence-corrected chi connectivity index (χ1v) is 11.0. The molecular weight excluding hydrogens is 400 g/mol. The Morgan fingerprint density at radius 3 is 2.62 bits per heavy atom. The van der Waals surface area contributed by atoms with Crippen molar-refractivity contribution in [3.05, 3.63) is 84.4 Å². The number of amides is 1. The minimum Gasteiger partial charge on any atom is -0.489 e. The summed E-state index contributed by atoms with van der Waals surface area (Å²) in [6.07, 6.45) is 7.99. The van der Waals surface area contributed by atoms with Gasteiger partial charge >= 0.3 is 0 Å². The largest absolute Gasteiger partial charge is 0.489 e. The second-order valence-electron chi connectivity index (χ2n) is 7.48. The number of hydrogen-bond acceptors (Lipinski definition) is 4. The fourth-order valence-corrected chi connectivity index (χ4v) is 3.36. The summed E-state index contributed by atoms with van der Waals surface area (Å²) >= 11 is 0. The van der Waals surface area contributed by atoms with Gasteiger partial charge in [-0.05, 0) is 47.4 Å². The SMILES string of the molecule is C=CCOc1ccc2ccccc2c1/C=N\NC(=O)COc1ccc(CCCCC)cc1. The molecule has 0 aliphatic rings. The third-order valence-corrected chi connectivity index (χ3v) is 5.03. The van der Waals surface area contributed by atoms with Crippen LogP contribution in [0, 0.1) is 0 Å². The Bertz CT molecular complexity index is 1060. The molecule has 0 spiro atoms. The molecule has 1 N–H and O–H groups in total. The summed E-state index contributed by atoms with van der Waals surface area (Å²) in [4.78, 5) is 12.2. The predicted molar refractivity (Wildman–Crippen MR) is 131 cm³/mol. The molecule has 0 fully saturated rings. The highest BCUT2D eigenvalue weighted by Crippen LogP contribution is 2.26. The lowest BCUT2D eigenvalue weighted by molar-refractivity contribution is -0.123. The number of aryl methyl sites for hydroxylation is 1. The van der Waals surface area contributed by atoms with E-state index in [9.17, 15) is 4.79 Å². The molecule has 0 aliphatic heterocycles. The highest BCUT2D eigenvalue weighted by atomic mass is 16.5. The maximum absolute atomic E-state index is 12.2. The minimum absolute atomic E-state index is 0.109. The molecule has 3 aromatic rings. The molecule has 0 aliphatic carbocycles. The topological polar surface area (TPSA) is 59.9 Å². The Labute approximate surface area is 189 Å². The molecule has 0 bridgehead atoms. The Hall–Kier alpha value is -3.60. The number of rotatable bonds is 12. The number of hydrogen-bond donors (Lipinski definition) is 1. The van der Waals surface area contributed by atoms with Gasteiger partial charge in [0.05, 0.1) is 6.21 Å². The van der Waals surface area contributed by atoms with Crippen LogP contribution in [-0.2, 0) is 11.2 Å². The van der Waals surface area contributed by atoms with Gasteiger partial charge in [0, 0.05) is 5.56 Å². The number of nitrogens with one attached hydrogen (secondary N) is 1. The number of carbonyl (C=O) groups excluding carboxylic acids is 1. The number of nitrogens with zero attached hydrogens (tertiary/aromatic N) is 1. The molecule has 0 heterocycles. The van der Waals surface area contributed by atoms with Crippen LogP contribution in [0.25, 0.3) is 10.8 Å². The van der Waals surface area contributed by atoms with Crippen LogP contribution in [0.2, 0.25) is 0 Å². The van der Waals surface area contributed by atoms with Crippen molar-refractivity contribution >= 4 is 22.9 Å². The molecule has 0 saturated carbocycles. The Balaban J connectivity index is 1.57. The van der Waals surface area contributed by atoms with Crippen molar-refractivity contribution in [2.45, 2.75) is 32.6 Å². The van der Waals surface area contributed by atoms with E-state index < -0.39 is 0 Å². The quantitative estimate of drug-likeness (QED) is 0.174. The van der Waals surface area contributed by atoms with Gasteiger partial charge < -0.3 is 9.47 Å². The highest BCUT2D eigenvalue weighted by Gasteiger charge is 2.07. The van der Waals surface area contributed by atoms with E-state index in [0.29, 0.717) is 18.1 Å². The lowest BCUT2D eigenvalue weighted by Crippen LogP contribution is -2.24. The average Bonchev–Trinajstić information content (AvgIpc) is 2.83. The zero-order chi connectivity index (χ0) is 22.6. The second kappa shape index (κ2) is 12.3. The number of carbonyl (C=O) groups is 1. The van der Waals surface area contributed by atoms with Crippen LogP contribution in [0.3, 0.4) is 0 Å². The first-order valence-electron chi connectivity index (χ1n) is 11.0. The summed E-state index contributed by atoms with van der Waals surface area (Å²) in [7, 11) is 0. The smallest absolute Gasteiger partial charge is 0.277 e. The molecule has 0 aromatic heterocycles. The van der Waals surface area contributed by atoms with Gasteiger partial charge in [-0.2, -0.15) is 5.10 Å². The van der Waals surface area contributed by atoms with Crippen molar-refractivity contribution in [2.24, 2.45) is 5.10 Å². The first kappa shape index (κ1) is 23.1. The molecule has 3 aromatic carbocycles. The summed E-state index contributed by atoms with van der Waals surface area (Å²) in [5.41, 5.74) is 4.60. The average molecular weight is 431 g/mol. The van der Waals surface area contributed by atoms with Crippen molar-refractivity contribution < 1.29 is 14.3 Å². The van der Waals surface area contributed by atoms with Crippen molar-refractivity contribution in [3.8, 4) is 11.5 Å². The van der Waals surface area contributed by atoms with E-state index >= 15 is 0 Å². The zero-order valence-corrected chi connectivity index (χ0v) is 18.5. The standard InChI is InChI=1S/C27H30N2O3/c1-3-5-6-9-21-12-15-23(16-13-21)32-20-27(30)29-28-19-25-24-11-8-7-10-22(24)14-17-26(25)31-18-4-2/h4,7-8,10-17,19H,2-3,5-6,9,18,20H2,1H3,(H,29,30)/b28-19-. The van der Waals surface area contributed by atoms with Crippen LogP contribution in [0.4, 0.5) is 0 Å². The molecule has 0 saturated heterocycles. The second-order valence-corrected chi connectivity index (χ2v) is 7.48. The van der Waals surface area contributed by atoms with Crippen molar-refractivity contribution in [1.82, 2.24) is 5.43 Å². The van der Waals surface area contributed by atoms with Gasteiger partial charge in [0.1, 0.15) is 18.1 Å². The molecular formula is C27H30N2O3.